The highest BCUT2D eigenvalue weighted by Gasteiger charge is 2.17. The van der Waals surface area contributed by atoms with Gasteiger partial charge < -0.3 is 5.32 Å². The van der Waals surface area contributed by atoms with Crippen LogP contribution in [0.4, 0.5) is 4.39 Å². The van der Waals surface area contributed by atoms with Crippen LogP contribution in [0.3, 0.4) is 0 Å². The summed E-state index contributed by atoms with van der Waals surface area (Å²) in [4.78, 5) is 0. The molecule has 1 nitrogen and oxygen atoms in total. The summed E-state index contributed by atoms with van der Waals surface area (Å²) in [6.45, 7) is 4.39. The molecule has 112 valence electrons. The monoisotopic (exact) mass is 305 g/mol. The molecule has 0 bridgehead atoms. The Hall–Kier alpha value is -1.38. The Morgan fingerprint density at radius 3 is 2.29 bits per heavy atom. The van der Waals surface area contributed by atoms with E-state index < -0.39 is 0 Å². The Kier molecular flexibility index (Phi) is 5.38. The molecule has 1 N–H and O–H groups in total. The van der Waals surface area contributed by atoms with E-state index in [4.69, 9.17) is 11.6 Å². The quantitative estimate of drug-likeness (QED) is 0.790. The minimum Gasteiger partial charge on any atom is -0.309 e. The molecule has 0 spiro atoms. The van der Waals surface area contributed by atoms with Crippen LogP contribution in [0.25, 0.3) is 0 Å². The van der Waals surface area contributed by atoms with E-state index in [-0.39, 0.29) is 11.9 Å². The molecule has 0 saturated carbocycles. The first kappa shape index (κ1) is 16.0. The highest BCUT2D eigenvalue weighted by Crippen LogP contribution is 2.28. The number of halogens is 2. The maximum atomic E-state index is 14.1. The Bertz CT molecular complexity index is 595. The Labute approximate surface area is 131 Å². The summed E-state index contributed by atoms with van der Waals surface area (Å²) in [7, 11) is 1.83. The molecule has 2 aromatic rings. The Morgan fingerprint density at radius 2 is 1.71 bits per heavy atom. The zero-order valence-corrected chi connectivity index (χ0v) is 13.4. The lowest BCUT2D eigenvalue weighted by Crippen LogP contribution is -2.19. The molecule has 0 aliphatic rings. The fraction of sp³-hybridized carbons (Fsp3) is 0.333. The van der Waals surface area contributed by atoms with Crippen LogP contribution in [0.2, 0.25) is 5.02 Å². The molecule has 2 aromatic carbocycles. The predicted octanol–water partition coefficient (Wildman–Crippen LogP) is 5.30. The van der Waals surface area contributed by atoms with E-state index in [0.717, 1.165) is 12.0 Å². The first-order chi connectivity index (χ1) is 10.1. The second-order valence-electron chi connectivity index (χ2n) is 5.36. The smallest absolute Gasteiger partial charge is 0.128 e. The van der Waals surface area contributed by atoms with Gasteiger partial charge in [0.05, 0.1) is 6.04 Å². The maximum Gasteiger partial charge on any atom is 0.128 e. The van der Waals surface area contributed by atoms with Gasteiger partial charge in [0.2, 0.25) is 0 Å². The Morgan fingerprint density at radius 1 is 1.10 bits per heavy atom. The molecular weight excluding hydrogens is 285 g/mol. The van der Waals surface area contributed by atoms with Gasteiger partial charge in [-0.25, -0.2) is 4.39 Å². The maximum absolute atomic E-state index is 14.1. The van der Waals surface area contributed by atoms with Crippen LogP contribution < -0.4 is 5.32 Å². The van der Waals surface area contributed by atoms with Crippen molar-refractivity contribution in [1.82, 2.24) is 5.32 Å². The van der Waals surface area contributed by atoms with Crippen LogP contribution in [0, 0.1) is 5.82 Å². The zero-order valence-electron chi connectivity index (χ0n) is 12.7. The summed E-state index contributed by atoms with van der Waals surface area (Å²) in [6, 6.07) is 12.8. The summed E-state index contributed by atoms with van der Waals surface area (Å²) in [5, 5.41) is 3.71. The van der Waals surface area contributed by atoms with Crippen molar-refractivity contribution in [2.45, 2.75) is 32.2 Å². The predicted molar refractivity (Wildman–Crippen MR) is 87.5 cm³/mol. The topological polar surface area (TPSA) is 12.0 Å². The largest absolute Gasteiger partial charge is 0.309 e. The summed E-state index contributed by atoms with van der Waals surface area (Å²) in [5.74, 6) is 0.291. The number of benzene rings is 2. The number of nitrogens with one attached hydrogen (secondary N) is 1. The average molecular weight is 306 g/mol. The van der Waals surface area contributed by atoms with Crippen LogP contribution >= 0.6 is 11.6 Å². The SMILES string of the molecule is CCC(C)c1ccc(C(NC)c2cc(Cl)ccc2F)cc1. The van der Waals surface area contributed by atoms with Gasteiger partial charge in [-0.1, -0.05) is 49.7 Å². The molecule has 0 aromatic heterocycles. The van der Waals surface area contributed by atoms with Crippen molar-refractivity contribution in [2.75, 3.05) is 7.05 Å². The molecule has 21 heavy (non-hydrogen) atoms. The van der Waals surface area contributed by atoms with Gasteiger partial charge in [-0.05, 0) is 48.7 Å². The van der Waals surface area contributed by atoms with Crippen molar-refractivity contribution in [1.29, 1.82) is 0 Å². The van der Waals surface area contributed by atoms with Gasteiger partial charge in [0.25, 0.3) is 0 Å². The average Bonchev–Trinajstić information content (AvgIpc) is 2.51. The van der Waals surface area contributed by atoms with Gasteiger partial charge in [-0.2, -0.15) is 0 Å². The molecule has 0 fully saturated rings. The van der Waals surface area contributed by atoms with Crippen molar-refractivity contribution >= 4 is 11.6 Å². The van der Waals surface area contributed by atoms with Crippen molar-refractivity contribution in [3.8, 4) is 0 Å². The zero-order chi connectivity index (χ0) is 15.4. The number of hydrogen-bond acceptors (Lipinski definition) is 1. The minimum absolute atomic E-state index is 0.199. The van der Waals surface area contributed by atoms with Crippen LogP contribution in [-0.4, -0.2) is 7.05 Å². The molecule has 2 rings (SSSR count). The standard InChI is InChI=1S/C18H21ClFN/c1-4-12(2)13-5-7-14(8-6-13)18(21-3)16-11-15(19)9-10-17(16)20/h5-12,18,21H,4H2,1-3H3. The molecule has 0 saturated heterocycles. The molecule has 3 heteroatoms. The third-order valence-corrected chi connectivity index (χ3v) is 4.24. The van der Waals surface area contributed by atoms with E-state index in [1.807, 2.05) is 7.05 Å². The van der Waals surface area contributed by atoms with Gasteiger partial charge in [-0.15, -0.1) is 0 Å². The van der Waals surface area contributed by atoms with E-state index in [1.54, 1.807) is 12.1 Å². The lowest BCUT2D eigenvalue weighted by molar-refractivity contribution is 0.576. The first-order valence-corrected chi connectivity index (χ1v) is 7.66. The molecule has 2 unspecified atom stereocenters. The van der Waals surface area contributed by atoms with E-state index >= 15 is 0 Å². The fourth-order valence-corrected chi connectivity index (χ4v) is 2.67. The molecule has 2 atom stereocenters. The lowest BCUT2D eigenvalue weighted by atomic mass is 9.93. The van der Waals surface area contributed by atoms with Crippen LogP contribution in [-0.2, 0) is 0 Å². The summed E-state index contributed by atoms with van der Waals surface area (Å²) >= 11 is 6.00. The number of hydrogen-bond donors (Lipinski definition) is 1. The molecule has 0 aliphatic carbocycles. The van der Waals surface area contributed by atoms with Gasteiger partial charge in [-0.3, -0.25) is 0 Å². The molecular formula is C18H21ClFN. The third-order valence-electron chi connectivity index (χ3n) is 4.01. The van der Waals surface area contributed by atoms with E-state index in [0.29, 0.717) is 16.5 Å². The van der Waals surface area contributed by atoms with Crippen molar-refractivity contribution in [3.63, 3.8) is 0 Å². The van der Waals surface area contributed by atoms with Crippen molar-refractivity contribution in [2.24, 2.45) is 0 Å². The fourth-order valence-electron chi connectivity index (χ4n) is 2.49. The van der Waals surface area contributed by atoms with Gasteiger partial charge in [0.15, 0.2) is 0 Å². The lowest BCUT2D eigenvalue weighted by Gasteiger charge is -2.19. The first-order valence-electron chi connectivity index (χ1n) is 7.28. The van der Waals surface area contributed by atoms with E-state index in [2.05, 4.69) is 43.4 Å². The molecule has 0 aliphatic heterocycles. The summed E-state index contributed by atoms with van der Waals surface area (Å²) in [6.07, 6.45) is 1.11. The highest BCUT2D eigenvalue weighted by atomic mass is 35.5. The van der Waals surface area contributed by atoms with Gasteiger partial charge in [0.1, 0.15) is 5.82 Å². The van der Waals surface area contributed by atoms with Crippen LogP contribution in [0.15, 0.2) is 42.5 Å². The summed E-state index contributed by atoms with van der Waals surface area (Å²) in [5.41, 5.74) is 2.91. The Balaban J connectivity index is 2.35. The minimum atomic E-state index is -0.246. The molecule has 0 amide bonds. The molecule has 0 radical (unpaired) electrons. The second kappa shape index (κ2) is 7.06. The van der Waals surface area contributed by atoms with Crippen molar-refractivity contribution in [3.05, 3.63) is 70.0 Å². The third kappa shape index (κ3) is 3.63. The van der Waals surface area contributed by atoms with E-state index in [9.17, 15) is 4.39 Å². The normalized spacial score (nSPS) is 14.0. The number of rotatable bonds is 5. The van der Waals surface area contributed by atoms with Crippen molar-refractivity contribution < 1.29 is 4.39 Å². The summed E-state index contributed by atoms with van der Waals surface area (Å²) < 4.78 is 14.1. The molecule has 0 heterocycles. The van der Waals surface area contributed by atoms with Crippen LogP contribution in [0.5, 0.6) is 0 Å². The van der Waals surface area contributed by atoms with Gasteiger partial charge in [0, 0.05) is 10.6 Å². The highest BCUT2D eigenvalue weighted by molar-refractivity contribution is 6.30. The van der Waals surface area contributed by atoms with E-state index in [1.165, 1.54) is 11.6 Å². The van der Waals surface area contributed by atoms with Gasteiger partial charge >= 0.3 is 0 Å². The van der Waals surface area contributed by atoms with Crippen LogP contribution in [0.1, 0.15) is 48.9 Å². The second-order valence-corrected chi connectivity index (χ2v) is 5.80.